The molecule has 1 fully saturated rings. The highest BCUT2D eigenvalue weighted by molar-refractivity contribution is 5.10. The number of hydrogen-bond donors (Lipinski definition) is 1. The molecule has 1 N–H and O–H groups in total. The number of ether oxygens (including phenoxy) is 1. The van der Waals surface area contributed by atoms with Crippen molar-refractivity contribution in [3.8, 4) is 0 Å². The third-order valence-corrected chi connectivity index (χ3v) is 3.26. The Morgan fingerprint density at radius 1 is 1.56 bits per heavy atom. The van der Waals surface area contributed by atoms with Crippen LogP contribution in [0.2, 0.25) is 0 Å². The summed E-state index contributed by atoms with van der Waals surface area (Å²) in [7, 11) is 1.75. The Hall–Kier alpha value is -0.870. The molecule has 1 saturated carbocycles. The second kappa shape index (κ2) is 4.97. The van der Waals surface area contributed by atoms with Crippen molar-refractivity contribution in [1.82, 2.24) is 14.9 Å². The molecule has 4 heteroatoms. The van der Waals surface area contributed by atoms with E-state index in [1.807, 2.05) is 13.3 Å². The molecule has 4 nitrogen and oxygen atoms in total. The van der Waals surface area contributed by atoms with Crippen molar-refractivity contribution < 1.29 is 4.74 Å². The van der Waals surface area contributed by atoms with Crippen LogP contribution in [0.25, 0.3) is 0 Å². The Morgan fingerprint density at radius 2 is 2.31 bits per heavy atom. The topological polar surface area (TPSA) is 39.1 Å². The maximum Gasteiger partial charge on any atom is 0.0955 e. The molecule has 1 unspecified atom stereocenters. The van der Waals surface area contributed by atoms with Crippen LogP contribution in [0.5, 0.6) is 0 Å². The highest BCUT2D eigenvalue weighted by Crippen LogP contribution is 2.20. The molecule has 0 amide bonds. The first-order valence-electron chi connectivity index (χ1n) is 5.94. The Bertz CT molecular complexity index is 344. The molecule has 2 rings (SSSR count). The summed E-state index contributed by atoms with van der Waals surface area (Å²) in [4.78, 5) is 4.34. The summed E-state index contributed by atoms with van der Waals surface area (Å²) < 4.78 is 7.50. The Kier molecular flexibility index (Phi) is 3.61. The lowest BCUT2D eigenvalue weighted by Crippen LogP contribution is -2.30. The monoisotopic (exact) mass is 223 g/mol. The normalized spacial score (nSPS) is 17.7. The molecule has 0 bridgehead atoms. The zero-order valence-corrected chi connectivity index (χ0v) is 10.4. The van der Waals surface area contributed by atoms with Crippen LogP contribution in [-0.4, -0.2) is 35.9 Å². The van der Waals surface area contributed by atoms with Crippen LogP contribution in [0.3, 0.4) is 0 Å². The number of hydrogen-bond acceptors (Lipinski definition) is 3. The molecule has 0 spiro atoms. The largest absolute Gasteiger partial charge is 0.382 e. The summed E-state index contributed by atoms with van der Waals surface area (Å²) in [6, 6.07) is 1.09. The van der Waals surface area contributed by atoms with Gasteiger partial charge in [-0.05, 0) is 26.7 Å². The van der Waals surface area contributed by atoms with Crippen LogP contribution < -0.4 is 5.32 Å². The first kappa shape index (κ1) is 11.6. The third-order valence-electron chi connectivity index (χ3n) is 3.26. The van der Waals surface area contributed by atoms with Crippen molar-refractivity contribution >= 4 is 0 Å². The minimum atomic E-state index is 0.354. The molecular weight excluding hydrogens is 202 g/mol. The lowest BCUT2D eigenvalue weighted by molar-refractivity contribution is 0.152. The number of nitrogens with one attached hydrogen (secondary N) is 1. The van der Waals surface area contributed by atoms with Gasteiger partial charge < -0.3 is 14.6 Å². The van der Waals surface area contributed by atoms with Gasteiger partial charge in [0.05, 0.1) is 24.7 Å². The summed E-state index contributed by atoms with van der Waals surface area (Å²) in [5.41, 5.74) is 2.34. The second-order valence-electron chi connectivity index (χ2n) is 4.61. The van der Waals surface area contributed by atoms with Gasteiger partial charge in [-0.3, -0.25) is 0 Å². The first-order chi connectivity index (χ1) is 7.72. The van der Waals surface area contributed by atoms with Gasteiger partial charge in [0.15, 0.2) is 0 Å². The van der Waals surface area contributed by atoms with Crippen LogP contribution in [0, 0.1) is 13.8 Å². The zero-order valence-electron chi connectivity index (χ0n) is 10.4. The molecule has 1 aliphatic carbocycles. The van der Waals surface area contributed by atoms with Crippen LogP contribution in [-0.2, 0) is 4.74 Å². The highest BCUT2D eigenvalue weighted by Gasteiger charge is 2.23. The van der Waals surface area contributed by atoms with Gasteiger partial charge in [-0.2, -0.15) is 0 Å². The molecule has 1 aromatic rings. The maximum atomic E-state index is 5.29. The van der Waals surface area contributed by atoms with E-state index in [0.717, 1.165) is 24.9 Å². The molecule has 1 aliphatic rings. The fourth-order valence-electron chi connectivity index (χ4n) is 1.90. The maximum absolute atomic E-state index is 5.29. The minimum Gasteiger partial charge on any atom is -0.382 e. The predicted molar refractivity (Wildman–Crippen MR) is 63.6 cm³/mol. The fourth-order valence-corrected chi connectivity index (χ4v) is 1.90. The van der Waals surface area contributed by atoms with E-state index in [4.69, 9.17) is 4.74 Å². The molecule has 1 aromatic heterocycles. The summed E-state index contributed by atoms with van der Waals surface area (Å²) in [6.07, 6.45) is 4.56. The first-order valence-corrected chi connectivity index (χ1v) is 5.94. The quantitative estimate of drug-likeness (QED) is 0.793. The lowest BCUT2D eigenvalue weighted by Gasteiger charge is -2.20. The lowest BCUT2D eigenvalue weighted by atomic mass is 10.2. The summed E-state index contributed by atoms with van der Waals surface area (Å²) >= 11 is 0. The van der Waals surface area contributed by atoms with Gasteiger partial charge in [0, 0.05) is 25.4 Å². The molecule has 1 heterocycles. The number of methoxy groups -OCH3 is 1. The van der Waals surface area contributed by atoms with Crippen LogP contribution in [0.15, 0.2) is 6.33 Å². The van der Waals surface area contributed by atoms with Crippen molar-refractivity contribution in [1.29, 1.82) is 0 Å². The van der Waals surface area contributed by atoms with Gasteiger partial charge in [-0.1, -0.05) is 0 Å². The summed E-state index contributed by atoms with van der Waals surface area (Å²) in [6.45, 7) is 5.86. The highest BCUT2D eigenvalue weighted by atomic mass is 16.5. The van der Waals surface area contributed by atoms with Crippen molar-refractivity contribution in [3.63, 3.8) is 0 Å². The Labute approximate surface area is 97.0 Å². The summed E-state index contributed by atoms with van der Waals surface area (Å²) in [5.74, 6) is 0. The standard InChI is InChI=1S/C12H21N3O/c1-9-10(2)15(8-14-9)12(7-16-3)6-13-11-4-5-11/h8,11-13H,4-7H2,1-3H3. The summed E-state index contributed by atoms with van der Waals surface area (Å²) in [5, 5.41) is 3.55. The SMILES string of the molecule is COCC(CNC1CC1)n1cnc(C)c1C. The van der Waals surface area contributed by atoms with Crippen LogP contribution >= 0.6 is 0 Å². The van der Waals surface area contributed by atoms with E-state index in [1.54, 1.807) is 7.11 Å². The molecule has 0 aliphatic heterocycles. The molecule has 0 aromatic carbocycles. The van der Waals surface area contributed by atoms with Crippen LogP contribution in [0.4, 0.5) is 0 Å². The Morgan fingerprint density at radius 3 is 2.81 bits per heavy atom. The van der Waals surface area contributed by atoms with Crippen molar-refractivity contribution in [3.05, 3.63) is 17.7 Å². The number of aromatic nitrogens is 2. The van der Waals surface area contributed by atoms with E-state index in [2.05, 4.69) is 21.8 Å². The van der Waals surface area contributed by atoms with E-state index in [1.165, 1.54) is 18.5 Å². The third kappa shape index (κ3) is 2.62. The predicted octanol–water partition coefficient (Wildman–Crippen LogP) is 1.44. The molecule has 0 saturated heterocycles. The fraction of sp³-hybridized carbons (Fsp3) is 0.750. The van der Waals surface area contributed by atoms with Gasteiger partial charge in [-0.25, -0.2) is 4.98 Å². The number of aryl methyl sites for hydroxylation is 1. The molecular formula is C12H21N3O. The van der Waals surface area contributed by atoms with Crippen LogP contribution in [0.1, 0.15) is 30.3 Å². The average Bonchev–Trinajstić information content (AvgIpc) is 3.03. The second-order valence-corrected chi connectivity index (χ2v) is 4.61. The minimum absolute atomic E-state index is 0.354. The smallest absolute Gasteiger partial charge is 0.0955 e. The van der Waals surface area contributed by atoms with Crippen molar-refractivity contribution in [2.24, 2.45) is 0 Å². The molecule has 1 atom stereocenters. The van der Waals surface area contributed by atoms with E-state index < -0.39 is 0 Å². The van der Waals surface area contributed by atoms with Crippen molar-refractivity contribution in [2.75, 3.05) is 20.3 Å². The van der Waals surface area contributed by atoms with Gasteiger partial charge in [0.1, 0.15) is 0 Å². The van der Waals surface area contributed by atoms with Gasteiger partial charge in [0.25, 0.3) is 0 Å². The number of imidazole rings is 1. The van der Waals surface area contributed by atoms with Crippen molar-refractivity contribution in [2.45, 2.75) is 38.8 Å². The van der Waals surface area contributed by atoms with Gasteiger partial charge in [0.2, 0.25) is 0 Å². The average molecular weight is 223 g/mol. The van der Waals surface area contributed by atoms with Gasteiger partial charge in [-0.15, -0.1) is 0 Å². The Balaban J connectivity index is 2.01. The van der Waals surface area contributed by atoms with E-state index >= 15 is 0 Å². The zero-order chi connectivity index (χ0) is 11.5. The number of rotatable bonds is 6. The number of nitrogens with zero attached hydrogens (tertiary/aromatic N) is 2. The van der Waals surface area contributed by atoms with E-state index in [-0.39, 0.29) is 0 Å². The van der Waals surface area contributed by atoms with E-state index in [9.17, 15) is 0 Å². The molecule has 16 heavy (non-hydrogen) atoms. The van der Waals surface area contributed by atoms with E-state index in [0.29, 0.717) is 6.04 Å². The molecule has 90 valence electrons. The van der Waals surface area contributed by atoms with Gasteiger partial charge >= 0.3 is 0 Å². The molecule has 0 radical (unpaired) electrons.